The maximum Gasteiger partial charge on any atom is 0.0743 e. The van der Waals surface area contributed by atoms with Crippen molar-refractivity contribution < 1.29 is 4.74 Å². The molecule has 1 saturated heterocycles. The van der Waals surface area contributed by atoms with Crippen LogP contribution in [0.5, 0.6) is 0 Å². The van der Waals surface area contributed by atoms with E-state index in [2.05, 4.69) is 46.3 Å². The first kappa shape index (κ1) is 13.3. The van der Waals surface area contributed by atoms with Crippen LogP contribution in [0.2, 0.25) is 0 Å². The van der Waals surface area contributed by atoms with E-state index in [4.69, 9.17) is 9.72 Å². The third-order valence-electron chi connectivity index (χ3n) is 4.17. The van der Waals surface area contributed by atoms with E-state index < -0.39 is 0 Å². The standard InChI is InChI=1S/C17H18N4O/c1-12-8-17(13-10-18-19-11-13)20-16-3-2-14(9-15(12)16)21-4-6-22-7-5-21/h2-3,8-11H,4-7H2,1H3,(H,18,19). The van der Waals surface area contributed by atoms with Crippen LogP contribution in [0.4, 0.5) is 5.69 Å². The SMILES string of the molecule is Cc1cc(-c2cn[nH]c2)nc2ccc(N3CCOCC3)cc12. The van der Waals surface area contributed by atoms with Gasteiger partial charge in [0.25, 0.3) is 0 Å². The van der Waals surface area contributed by atoms with Gasteiger partial charge in [-0.1, -0.05) is 0 Å². The molecule has 5 nitrogen and oxygen atoms in total. The number of H-pyrrole nitrogens is 1. The third-order valence-corrected chi connectivity index (χ3v) is 4.17. The Labute approximate surface area is 128 Å². The number of ether oxygens (including phenoxy) is 1. The minimum atomic E-state index is 0.800. The van der Waals surface area contributed by atoms with Gasteiger partial charge >= 0.3 is 0 Å². The van der Waals surface area contributed by atoms with Gasteiger partial charge in [0, 0.05) is 35.9 Å². The zero-order valence-corrected chi connectivity index (χ0v) is 12.5. The van der Waals surface area contributed by atoms with Crippen LogP contribution in [0.15, 0.2) is 36.7 Å². The number of nitrogens with one attached hydrogen (secondary N) is 1. The number of anilines is 1. The molecule has 1 aromatic carbocycles. The number of nitrogens with zero attached hydrogens (tertiary/aromatic N) is 3. The monoisotopic (exact) mass is 294 g/mol. The number of morpholine rings is 1. The first-order valence-electron chi connectivity index (χ1n) is 7.54. The lowest BCUT2D eigenvalue weighted by molar-refractivity contribution is 0.122. The summed E-state index contributed by atoms with van der Waals surface area (Å²) in [7, 11) is 0. The molecule has 112 valence electrons. The molecule has 1 aliphatic heterocycles. The van der Waals surface area contributed by atoms with E-state index in [1.807, 2.05) is 6.20 Å². The number of fused-ring (bicyclic) bond motifs is 1. The minimum Gasteiger partial charge on any atom is -0.378 e. The highest BCUT2D eigenvalue weighted by atomic mass is 16.5. The van der Waals surface area contributed by atoms with Crippen LogP contribution in [0, 0.1) is 6.92 Å². The molecular formula is C17H18N4O. The first-order valence-corrected chi connectivity index (χ1v) is 7.54. The molecule has 22 heavy (non-hydrogen) atoms. The molecule has 3 aromatic rings. The predicted molar refractivity (Wildman–Crippen MR) is 87.1 cm³/mol. The molecule has 0 aliphatic carbocycles. The van der Waals surface area contributed by atoms with Crippen LogP contribution in [0.25, 0.3) is 22.2 Å². The summed E-state index contributed by atoms with van der Waals surface area (Å²) >= 11 is 0. The Morgan fingerprint density at radius 2 is 2.05 bits per heavy atom. The van der Waals surface area contributed by atoms with Crippen molar-refractivity contribution in [1.82, 2.24) is 15.2 Å². The van der Waals surface area contributed by atoms with Crippen molar-refractivity contribution in [3.05, 3.63) is 42.2 Å². The Kier molecular flexibility index (Phi) is 3.27. The van der Waals surface area contributed by atoms with Crippen molar-refractivity contribution >= 4 is 16.6 Å². The molecule has 3 heterocycles. The van der Waals surface area contributed by atoms with E-state index in [9.17, 15) is 0 Å². The van der Waals surface area contributed by atoms with Crippen molar-refractivity contribution in [2.24, 2.45) is 0 Å². The summed E-state index contributed by atoms with van der Waals surface area (Å²) in [5.74, 6) is 0. The lowest BCUT2D eigenvalue weighted by atomic mass is 10.1. The van der Waals surface area contributed by atoms with Crippen LogP contribution in [-0.4, -0.2) is 41.5 Å². The zero-order valence-electron chi connectivity index (χ0n) is 12.5. The van der Waals surface area contributed by atoms with Crippen LogP contribution in [0.3, 0.4) is 0 Å². The van der Waals surface area contributed by atoms with Gasteiger partial charge in [-0.25, -0.2) is 4.98 Å². The number of pyridine rings is 1. The average Bonchev–Trinajstić information content (AvgIpc) is 3.10. The summed E-state index contributed by atoms with van der Waals surface area (Å²) in [6.45, 7) is 5.64. The van der Waals surface area contributed by atoms with Gasteiger partial charge in [-0.15, -0.1) is 0 Å². The number of benzene rings is 1. The van der Waals surface area contributed by atoms with Gasteiger partial charge < -0.3 is 9.64 Å². The van der Waals surface area contributed by atoms with E-state index in [1.165, 1.54) is 16.6 Å². The summed E-state index contributed by atoms with van der Waals surface area (Å²) in [5, 5.41) is 8.04. The quantitative estimate of drug-likeness (QED) is 0.789. The second-order valence-electron chi connectivity index (χ2n) is 5.61. The van der Waals surface area contributed by atoms with Crippen molar-refractivity contribution in [3.63, 3.8) is 0 Å². The molecule has 0 unspecified atom stereocenters. The van der Waals surface area contributed by atoms with E-state index >= 15 is 0 Å². The molecule has 0 amide bonds. The Morgan fingerprint density at radius 1 is 1.18 bits per heavy atom. The molecule has 0 radical (unpaired) electrons. The number of hydrogen-bond acceptors (Lipinski definition) is 4. The van der Waals surface area contributed by atoms with Crippen molar-refractivity contribution in [1.29, 1.82) is 0 Å². The van der Waals surface area contributed by atoms with Gasteiger partial charge in [0.1, 0.15) is 0 Å². The third kappa shape index (κ3) is 2.33. The molecular weight excluding hydrogens is 276 g/mol. The largest absolute Gasteiger partial charge is 0.378 e. The highest BCUT2D eigenvalue weighted by Gasteiger charge is 2.13. The fourth-order valence-electron chi connectivity index (χ4n) is 2.94. The molecule has 1 fully saturated rings. The highest BCUT2D eigenvalue weighted by Crippen LogP contribution is 2.27. The van der Waals surface area contributed by atoms with Crippen molar-refractivity contribution in [2.45, 2.75) is 6.92 Å². The second-order valence-corrected chi connectivity index (χ2v) is 5.61. The molecule has 0 saturated carbocycles. The number of aromatic nitrogens is 3. The van der Waals surface area contributed by atoms with Crippen LogP contribution in [-0.2, 0) is 4.74 Å². The van der Waals surface area contributed by atoms with Crippen molar-refractivity contribution in [2.75, 3.05) is 31.2 Å². The number of rotatable bonds is 2. The lowest BCUT2D eigenvalue weighted by Crippen LogP contribution is -2.36. The first-order chi connectivity index (χ1) is 10.8. The summed E-state index contributed by atoms with van der Waals surface area (Å²) in [6.07, 6.45) is 3.67. The molecule has 0 spiro atoms. The fourth-order valence-corrected chi connectivity index (χ4v) is 2.94. The van der Waals surface area contributed by atoms with E-state index in [0.717, 1.165) is 43.1 Å². The predicted octanol–water partition coefficient (Wildman–Crippen LogP) is 2.77. The summed E-state index contributed by atoms with van der Waals surface area (Å²) in [4.78, 5) is 7.13. The number of aromatic amines is 1. The van der Waals surface area contributed by atoms with Gasteiger partial charge in [-0.3, -0.25) is 5.10 Å². The molecule has 5 heteroatoms. The summed E-state index contributed by atoms with van der Waals surface area (Å²) in [6, 6.07) is 8.62. The molecule has 0 atom stereocenters. The fraction of sp³-hybridized carbons (Fsp3) is 0.294. The molecule has 1 aliphatic rings. The van der Waals surface area contributed by atoms with E-state index in [-0.39, 0.29) is 0 Å². The average molecular weight is 294 g/mol. The Morgan fingerprint density at radius 3 is 2.82 bits per heavy atom. The molecule has 2 aromatic heterocycles. The Balaban J connectivity index is 1.77. The minimum absolute atomic E-state index is 0.800. The smallest absolute Gasteiger partial charge is 0.0743 e. The topological polar surface area (TPSA) is 54.0 Å². The van der Waals surface area contributed by atoms with Crippen molar-refractivity contribution in [3.8, 4) is 11.3 Å². The highest BCUT2D eigenvalue weighted by molar-refractivity contribution is 5.87. The Bertz CT molecular complexity index is 792. The maximum atomic E-state index is 5.43. The van der Waals surface area contributed by atoms with Gasteiger partial charge in [0.05, 0.1) is 30.6 Å². The van der Waals surface area contributed by atoms with Gasteiger partial charge in [0.2, 0.25) is 0 Å². The van der Waals surface area contributed by atoms with Crippen LogP contribution < -0.4 is 4.90 Å². The van der Waals surface area contributed by atoms with Gasteiger partial charge in [-0.05, 0) is 36.8 Å². The van der Waals surface area contributed by atoms with E-state index in [1.54, 1.807) is 6.20 Å². The summed E-state index contributed by atoms with van der Waals surface area (Å²) in [5.41, 5.74) is 5.47. The van der Waals surface area contributed by atoms with Crippen LogP contribution >= 0.6 is 0 Å². The summed E-state index contributed by atoms with van der Waals surface area (Å²) < 4.78 is 5.43. The van der Waals surface area contributed by atoms with E-state index in [0.29, 0.717) is 0 Å². The molecule has 0 bridgehead atoms. The lowest BCUT2D eigenvalue weighted by Gasteiger charge is -2.29. The number of hydrogen-bond donors (Lipinski definition) is 1. The normalized spacial score (nSPS) is 15.4. The molecule has 4 rings (SSSR count). The zero-order chi connectivity index (χ0) is 14.9. The maximum absolute atomic E-state index is 5.43. The van der Waals surface area contributed by atoms with Crippen LogP contribution in [0.1, 0.15) is 5.56 Å². The number of aryl methyl sites for hydroxylation is 1. The Hall–Kier alpha value is -2.40. The second kappa shape index (κ2) is 5.42. The van der Waals surface area contributed by atoms with Gasteiger partial charge in [0.15, 0.2) is 0 Å². The molecule has 1 N–H and O–H groups in total. The van der Waals surface area contributed by atoms with Gasteiger partial charge in [-0.2, -0.15) is 5.10 Å².